The molecule has 398 valence electrons. The van der Waals surface area contributed by atoms with E-state index in [0.29, 0.717) is 84.5 Å². The Kier molecular flexibility index (Phi) is 13.4. The van der Waals surface area contributed by atoms with Gasteiger partial charge in [-0.1, -0.05) is 69.9 Å². The molecular formula is C61H88F3N3O5. The normalized spacial score (nSPS) is 46.6. The number of fused-ring (bicyclic) bond motifs is 12. The molecule has 2 N–H and O–H groups in total. The van der Waals surface area contributed by atoms with E-state index in [-0.39, 0.29) is 46.5 Å². The maximum Gasteiger partial charge on any atom is 0.449 e. The lowest BCUT2D eigenvalue weighted by molar-refractivity contribution is -0.171. The van der Waals surface area contributed by atoms with Gasteiger partial charge in [0.2, 0.25) is 5.78 Å². The number of ether oxygens (including phenoxy) is 2. The second kappa shape index (κ2) is 18.6. The van der Waals surface area contributed by atoms with E-state index in [0.717, 1.165) is 95.8 Å². The van der Waals surface area contributed by atoms with Crippen molar-refractivity contribution in [1.29, 1.82) is 0 Å². The molecule has 0 aromatic carbocycles. The van der Waals surface area contributed by atoms with Crippen LogP contribution in [0.4, 0.5) is 13.2 Å². The molecule has 0 bridgehead atoms. The lowest BCUT2D eigenvalue weighted by Gasteiger charge is -2.48. The lowest BCUT2D eigenvalue weighted by Crippen LogP contribution is -2.53. The Bertz CT molecular complexity index is 2340. The summed E-state index contributed by atoms with van der Waals surface area (Å²) < 4.78 is 52.6. The van der Waals surface area contributed by atoms with Crippen molar-refractivity contribution < 1.29 is 37.0 Å². The molecule has 8 aliphatic carbocycles. The van der Waals surface area contributed by atoms with Gasteiger partial charge < -0.3 is 15.2 Å². The summed E-state index contributed by atoms with van der Waals surface area (Å²) in [6, 6.07) is 0.685. The number of carbonyl (C=O) groups excluding carboxylic acids is 3. The first-order chi connectivity index (χ1) is 34.1. The number of rotatable bonds is 6. The largest absolute Gasteiger partial charge is 0.449 e. The highest BCUT2D eigenvalue weighted by Crippen LogP contribution is 2.67. The maximum atomic E-state index is 12.8. The fourth-order valence-corrected chi connectivity index (χ4v) is 19.9. The van der Waals surface area contributed by atoms with Gasteiger partial charge in [0, 0.05) is 75.8 Å². The van der Waals surface area contributed by atoms with Gasteiger partial charge in [-0.15, -0.1) is 0 Å². The van der Waals surface area contributed by atoms with Gasteiger partial charge in [0.05, 0.1) is 23.4 Å². The number of ketones is 3. The zero-order chi connectivity index (χ0) is 51.0. The highest BCUT2D eigenvalue weighted by atomic mass is 19.4. The lowest BCUT2D eigenvalue weighted by atomic mass is 9.56. The molecule has 2 spiro atoms. The maximum absolute atomic E-state index is 12.8. The van der Waals surface area contributed by atoms with Gasteiger partial charge in [0.1, 0.15) is 5.78 Å². The van der Waals surface area contributed by atoms with Gasteiger partial charge in [0.25, 0.3) is 0 Å². The van der Waals surface area contributed by atoms with E-state index in [2.05, 4.69) is 71.3 Å². The van der Waals surface area contributed by atoms with Crippen molar-refractivity contribution >= 4 is 17.3 Å². The fraction of sp³-hybridized carbons (Fsp3) is 0.820. The van der Waals surface area contributed by atoms with E-state index in [9.17, 15) is 27.6 Å². The number of piperidine rings is 2. The number of alkyl halides is 3. The molecule has 8 nitrogen and oxygen atoms in total. The van der Waals surface area contributed by atoms with Crippen LogP contribution in [0.1, 0.15) is 171 Å². The summed E-state index contributed by atoms with van der Waals surface area (Å²) in [4.78, 5) is 40.9. The molecule has 72 heavy (non-hydrogen) atoms. The van der Waals surface area contributed by atoms with Gasteiger partial charge in [-0.3, -0.25) is 24.2 Å². The first-order valence-corrected chi connectivity index (χ1v) is 29.1. The van der Waals surface area contributed by atoms with Crippen LogP contribution in [-0.2, 0) is 23.9 Å². The van der Waals surface area contributed by atoms with Crippen molar-refractivity contribution in [3.63, 3.8) is 0 Å². The molecule has 8 fully saturated rings. The third kappa shape index (κ3) is 8.07. The van der Waals surface area contributed by atoms with Gasteiger partial charge in [-0.05, 0) is 186 Å². The average molecular weight is 1000 g/mol. The van der Waals surface area contributed by atoms with Crippen LogP contribution in [0.25, 0.3) is 0 Å². The van der Waals surface area contributed by atoms with E-state index in [1.165, 1.54) is 48.8 Å². The standard InChI is InChI=1S/C32H44F3NO3.C29H44N2O2/c1-18-14-27-29(36(17-18)13-5-6-28(38)32(33,34)35)20(3)31(39-27)12-10-23-24-8-7-21-15-22(37)9-11-30(21,4)26(24)16-25(23)19(31)2;1-17-13-26-27(31(16-17)12-11-30)19(3)29(33-26)10-8-22-23-6-5-20-14-21(32)7-9-28(20,4)25(23)15-24(22)18(29)2/h7,18,20,23-24,26-27,29H,5-6,8-17H2,1-4H3;14,17,19,22-23,25-27H,5-13,15-16,30H2,1-4H3/t18-,20+,23-,24-,26-,27+,29-,30-,31-;17-,19+,22-,23-,25-,26+,27-,28-,29-/m00/s1. The van der Waals surface area contributed by atoms with E-state index in [1.54, 1.807) is 16.7 Å². The van der Waals surface area contributed by atoms with E-state index < -0.39 is 18.4 Å². The summed E-state index contributed by atoms with van der Waals surface area (Å²) in [6.07, 6.45) is 16.7. The molecule has 0 radical (unpaired) electrons. The summed E-state index contributed by atoms with van der Waals surface area (Å²) in [6.45, 7) is 23.2. The second-order valence-corrected chi connectivity index (χ2v) is 26.9. The third-order valence-corrected chi connectivity index (χ3v) is 23.5. The Balaban J connectivity index is 0.000000158. The molecule has 0 amide bonds. The van der Waals surface area contributed by atoms with Crippen molar-refractivity contribution in [2.45, 2.75) is 213 Å². The van der Waals surface area contributed by atoms with Crippen LogP contribution in [0.2, 0.25) is 0 Å². The molecule has 4 heterocycles. The molecule has 18 atom stereocenters. The van der Waals surface area contributed by atoms with Crippen molar-refractivity contribution in [1.82, 2.24) is 9.80 Å². The van der Waals surface area contributed by atoms with Gasteiger partial charge in [-0.25, -0.2) is 0 Å². The second-order valence-electron chi connectivity index (χ2n) is 26.9. The number of likely N-dealkylation sites (tertiary alicyclic amines) is 2. The molecule has 4 saturated carbocycles. The number of allylic oxidation sites excluding steroid dienone is 6. The average Bonchev–Trinajstić information content (AvgIpc) is 4.06. The smallest absolute Gasteiger partial charge is 0.365 e. The molecule has 0 aromatic rings. The van der Waals surface area contributed by atoms with E-state index >= 15 is 0 Å². The molecule has 0 aromatic heterocycles. The predicted octanol–water partition coefficient (Wildman–Crippen LogP) is 11.7. The Morgan fingerprint density at radius 3 is 1.86 bits per heavy atom. The van der Waals surface area contributed by atoms with Crippen molar-refractivity contribution in [2.24, 2.45) is 75.7 Å². The van der Waals surface area contributed by atoms with E-state index in [1.807, 2.05) is 6.08 Å². The van der Waals surface area contributed by atoms with Crippen LogP contribution < -0.4 is 5.73 Å². The molecule has 12 aliphatic rings. The molecular weight excluding hydrogens is 912 g/mol. The van der Waals surface area contributed by atoms with Crippen LogP contribution in [0.3, 0.4) is 0 Å². The summed E-state index contributed by atoms with van der Waals surface area (Å²) in [5.74, 6) is 5.08. The molecule has 12 rings (SSSR count). The van der Waals surface area contributed by atoms with E-state index in [4.69, 9.17) is 15.2 Å². The minimum absolute atomic E-state index is 0.0757. The number of Topliss-reactive ketones (excluding diaryl/α,β-unsaturated/α-hetero) is 2. The Morgan fingerprint density at radius 2 is 1.28 bits per heavy atom. The minimum atomic E-state index is -4.74. The fourth-order valence-electron chi connectivity index (χ4n) is 19.9. The first-order valence-electron chi connectivity index (χ1n) is 29.1. The Hall–Kier alpha value is -2.44. The number of nitrogens with zero attached hydrogens (tertiary/aromatic N) is 2. The van der Waals surface area contributed by atoms with Crippen molar-refractivity contribution in [3.8, 4) is 0 Å². The number of nitrogens with two attached hydrogens (primary N) is 1. The number of hydrogen-bond acceptors (Lipinski definition) is 8. The molecule has 0 unspecified atom stereocenters. The van der Waals surface area contributed by atoms with Crippen molar-refractivity contribution in [3.05, 3.63) is 45.6 Å². The molecule has 11 heteroatoms. The van der Waals surface area contributed by atoms with Gasteiger partial charge in [-0.2, -0.15) is 13.2 Å². The highest BCUT2D eigenvalue weighted by Gasteiger charge is 2.64. The zero-order valence-corrected chi connectivity index (χ0v) is 45.1. The minimum Gasteiger partial charge on any atom is -0.365 e. The first kappa shape index (κ1) is 51.7. The summed E-state index contributed by atoms with van der Waals surface area (Å²) in [5, 5.41) is 0. The number of halogens is 3. The highest BCUT2D eigenvalue weighted by molar-refractivity contribution is 5.91. The summed E-state index contributed by atoms with van der Waals surface area (Å²) in [5.41, 5.74) is 15.2. The SMILES string of the molecule is CC1=C2C[C@H]3[C@@H](CC=C4CC(=O)CC[C@@]43C)[C@@H]2CC[C@]12O[C@@H]1C[C@H](C)CN(CCCC(=O)C(F)(F)F)[C@H]1[C@H]2C.CC1=C2C[C@H]3[C@@H](CCC4=CC(=O)CC[C@@]43C)[C@@H]2CC[C@]12O[C@@H]1C[C@H](C)CN(CCN)[C@H]1[C@H]2C. The number of hydrogen-bond donors (Lipinski definition) is 1. The summed E-state index contributed by atoms with van der Waals surface area (Å²) in [7, 11) is 0. The predicted molar refractivity (Wildman–Crippen MR) is 275 cm³/mol. The Labute approximate surface area is 429 Å². The van der Waals surface area contributed by atoms with Crippen molar-refractivity contribution in [2.75, 3.05) is 32.7 Å². The van der Waals surface area contributed by atoms with Gasteiger partial charge in [0.15, 0.2) is 5.78 Å². The topological polar surface area (TPSA) is 102 Å². The molecule has 4 aliphatic heterocycles. The monoisotopic (exact) mass is 1000 g/mol. The third-order valence-electron chi connectivity index (χ3n) is 23.5. The van der Waals surface area contributed by atoms with Crippen LogP contribution in [0.5, 0.6) is 0 Å². The van der Waals surface area contributed by atoms with Crippen LogP contribution in [-0.4, -0.2) is 102 Å². The number of carbonyl (C=O) groups is 3. The van der Waals surface area contributed by atoms with Crippen LogP contribution in [0, 0.1) is 70.0 Å². The zero-order valence-electron chi connectivity index (χ0n) is 45.1. The van der Waals surface area contributed by atoms with Crippen LogP contribution >= 0.6 is 0 Å². The van der Waals surface area contributed by atoms with Gasteiger partial charge >= 0.3 is 6.18 Å². The molecule has 4 saturated heterocycles. The van der Waals surface area contributed by atoms with Crippen LogP contribution in [0.15, 0.2) is 45.6 Å². The quantitative estimate of drug-likeness (QED) is 0.263. The summed E-state index contributed by atoms with van der Waals surface area (Å²) >= 11 is 0. The Morgan fingerprint density at radius 1 is 0.736 bits per heavy atom.